The molecule has 1 amide bonds. The monoisotopic (exact) mass is 309 g/mol. The van der Waals surface area contributed by atoms with Crippen LogP contribution in [0.5, 0.6) is 0 Å². The molecule has 2 saturated carbocycles. The summed E-state index contributed by atoms with van der Waals surface area (Å²) >= 11 is 0. The van der Waals surface area contributed by atoms with E-state index in [0.717, 1.165) is 6.42 Å². The van der Waals surface area contributed by atoms with E-state index in [1.165, 1.54) is 18.2 Å². The summed E-state index contributed by atoms with van der Waals surface area (Å²) in [6, 6.07) is 3.38. The van der Waals surface area contributed by atoms with Gasteiger partial charge < -0.3 is 10.4 Å². The maximum absolute atomic E-state index is 13.7. The third-order valence-corrected chi connectivity index (χ3v) is 4.77. The van der Waals surface area contributed by atoms with Crippen molar-refractivity contribution in [2.45, 2.75) is 44.1 Å². The molecule has 3 rings (SSSR count). The number of benzene rings is 1. The van der Waals surface area contributed by atoms with Gasteiger partial charge in [0.05, 0.1) is 5.41 Å². The molecule has 6 heteroatoms. The quantitative estimate of drug-likeness (QED) is 0.878. The van der Waals surface area contributed by atoms with Crippen molar-refractivity contribution in [2.24, 2.45) is 5.41 Å². The Morgan fingerprint density at radius 3 is 2.41 bits per heavy atom. The molecule has 0 aliphatic heterocycles. The molecule has 2 fully saturated rings. The number of amides is 1. The number of carbonyl (C=O) groups excluding carboxylic acids is 1. The SMILES string of the molecule is O=C(CC1(C(=O)O)CCC1)NC1CC1c1c(F)cccc1F. The van der Waals surface area contributed by atoms with Crippen LogP contribution in [0.25, 0.3) is 0 Å². The van der Waals surface area contributed by atoms with Crippen LogP contribution in [0.2, 0.25) is 0 Å². The second-order valence-electron chi connectivity index (χ2n) is 6.27. The average Bonchev–Trinajstić information content (AvgIpc) is 3.12. The van der Waals surface area contributed by atoms with Crippen molar-refractivity contribution in [2.75, 3.05) is 0 Å². The zero-order chi connectivity index (χ0) is 15.9. The highest BCUT2D eigenvalue weighted by atomic mass is 19.1. The third-order valence-electron chi connectivity index (χ3n) is 4.77. The maximum atomic E-state index is 13.7. The van der Waals surface area contributed by atoms with Gasteiger partial charge in [-0.25, -0.2) is 8.78 Å². The summed E-state index contributed by atoms with van der Waals surface area (Å²) in [5.41, 5.74) is -0.943. The Kier molecular flexibility index (Phi) is 3.62. The van der Waals surface area contributed by atoms with E-state index in [1.807, 2.05) is 0 Å². The minimum Gasteiger partial charge on any atom is -0.481 e. The fourth-order valence-corrected chi connectivity index (χ4v) is 3.17. The number of carboxylic acid groups (broad SMARTS) is 1. The molecular weight excluding hydrogens is 292 g/mol. The lowest BCUT2D eigenvalue weighted by Gasteiger charge is -2.36. The van der Waals surface area contributed by atoms with Gasteiger partial charge in [-0.15, -0.1) is 0 Å². The first-order valence-corrected chi connectivity index (χ1v) is 7.40. The van der Waals surface area contributed by atoms with Crippen molar-refractivity contribution in [1.29, 1.82) is 0 Å². The smallest absolute Gasteiger partial charge is 0.310 e. The van der Waals surface area contributed by atoms with Crippen molar-refractivity contribution in [1.82, 2.24) is 5.32 Å². The second kappa shape index (κ2) is 5.34. The van der Waals surface area contributed by atoms with Gasteiger partial charge in [0.1, 0.15) is 11.6 Å². The fraction of sp³-hybridized carbons (Fsp3) is 0.500. The Bertz CT molecular complexity index is 608. The van der Waals surface area contributed by atoms with Crippen LogP contribution in [0.4, 0.5) is 8.78 Å². The van der Waals surface area contributed by atoms with Gasteiger partial charge in [0.2, 0.25) is 5.91 Å². The summed E-state index contributed by atoms with van der Waals surface area (Å²) in [6.07, 6.45) is 2.23. The Labute approximate surface area is 126 Å². The lowest BCUT2D eigenvalue weighted by Crippen LogP contribution is -2.43. The number of hydrogen-bond donors (Lipinski definition) is 2. The summed E-state index contributed by atoms with van der Waals surface area (Å²) in [6.45, 7) is 0. The molecule has 2 aliphatic rings. The molecule has 0 bridgehead atoms. The predicted molar refractivity (Wildman–Crippen MR) is 74.2 cm³/mol. The second-order valence-corrected chi connectivity index (χ2v) is 6.27. The van der Waals surface area contributed by atoms with E-state index in [4.69, 9.17) is 0 Å². The standard InChI is InChI=1S/C16H17F2NO3/c17-10-3-1-4-11(18)14(10)9-7-12(9)19-13(20)8-16(15(21)22)5-2-6-16/h1,3-4,9,12H,2,5-8H2,(H,19,20)(H,21,22). The summed E-state index contributed by atoms with van der Waals surface area (Å²) in [7, 11) is 0. The molecule has 22 heavy (non-hydrogen) atoms. The Balaban J connectivity index is 1.60. The van der Waals surface area contributed by atoms with E-state index in [-0.39, 0.29) is 29.9 Å². The van der Waals surface area contributed by atoms with Crippen LogP contribution in [-0.2, 0) is 9.59 Å². The van der Waals surface area contributed by atoms with Crippen molar-refractivity contribution in [3.8, 4) is 0 Å². The van der Waals surface area contributed by atoms with Crippen LogP contribution < -0.4 is 5.32 Å². The molecule has 2 N–H and O–H groups in total. The first-order valence-electron chi connectivity index (χ1n) is 7.40. The van der Waals surface area contributed by atoms with Gasteiger partial charge in [0, 0.05) is 23.9 Å². The van der Waals surface area contributed by atoms with Crippen molar-refractivity contribution >= 4 is 11.9 Å². The molecule has 2 unspecified atom stereocenters. The summed E-state index contributed by atoms with van der Waals surface area (Å²) < 4.78 is 27.3. The summed E-state index contributed by atoms with van der Waals surface area (Å²) in [5.74, 6) is -2.88. The van der Waals surface area contributed by atoms with Crippen LogP contribution in [0.1, 0.15) is 43.6 Å². The van der Waals surface area contributed by atoms with Gasteiger partial charge in [-0.3, -0.25) is 9.59 Å². The maximum Gasteiger partial charge on any atom is 0.310 e. The first-order chi connectivity index (χ1) is 10.4. The molecule has 2 atom stereocenters. The van der Waals surface area contributed by atoms with Crippen LogP contribution in [0.3, 0.4) is 0 Å². The molecule has 4 nitrogen and oxygen atoms in total. The zero-order valence-electron chi connectivity index (χ0n) is 11.9. The van der Waals surface area contributed by atoms with Crippen LogP contribution in [-0.4, -0.2) is 23.0 Å². The molecule has 118 valence electrons. The molecule has 0 spiro atoms. The normalized spacial score (nSPS) is 25.2. The Hall–Kier alpha value is -1.98. The number of halogens is 2. The van der Waals surface area contributed by atoms with Crippen LogP contribution in [0, 0.1) is 17.0 Å². The number of carboxylic acids is 1. The Morgan fingerprint density at radius 1 is 1.27 bits per heavy atom. The number of rotatable bonds is 5. The van der Waals surface area contributed by atoms with E-state index >= 15 is 0 Å². The van der Waals surface area contributed by atoms with Gasteiger partial charge in [-0.2, -0.15) is 0 Å². The molecule has 0 radical (unpaired) electrons. The number of aliphatic carboxylic acids is 1. The lowest BCUT2D eigenvalue weighted by atomic mass is 9.66. The number of nitrogens with one attached hydrogen (secondary N) is 1. The van der Waals surface area contributed by atoms with Crippen molar-refractivity contribution < 1.29 is 23.5 Å². The molecule has 0 aromatic heterocycles. The van der Waals surface area contributed by atoms with Crippen molar-refractivity contribution in [3.63, 3.8) is 0 Å². The molecule has 0 saturated heterocycles. The number of carbonyl (C=O) groups is 2. The lowest BCUT2D eigenvalue weighted by molar-refractivity contribution is -0.157. The minimum atomic E-state index is -0.947. The highest BCUT2D eigenvalue weighted by Crippen LogP contribution is 2.46. The van der Waals surface area contributed by atoms with E-state index < -0.39 is 23.0 Å². The summed E-state index contributed by atoms with van der Waals surface area (Å²) in [5, 5.41) is 11.9. The fourth-order valence-electron chi connectivity index (χ4n) is 3.17. The largest absolute Gasteiger partial charge is 0.481 e. The number of hydrogen-bond acceptors (Lipinski definition) is 2. The zero-order valence-corrected chi connectivity index (χ0v) is 11.9. The van der Waals surface area contributed by atoms with Gasteiger partial charge >= 0.3 is 5.97 Å². The van der Waals surface area contributed by atoms with Gasteiger partial charge in [-0.1, -0.05) is 12.5 Å². The molecule has 1 aromatic rings. The predicted octanol–water partition coefficient (Wildman–Crippen LogP) is 2.58. The molecule has 0 heterocycles. The Morgan fingerprint density at radius 2 is 1.91 bits per heavy atom. The molecule has 2 aliphatic carbocycles. The van der Waals surface area contributed by atoms with Crippen LogP contribution in [0.15, 0.2) is 18.2 Å². The summed E-state index contributed by atoms with van der Waals surface area (Å²) in [4.78, 5) is 23.2. The highest BCUT2D eigenvalue weighted by molar-refractivity contribution is 5.86. The van der Waals surface area contributed by atoms with E-state index in [2.05, 4.69) is 5.32 Å². The van der Waals surface area contributed by atoms with E-state index in [9.17, 15) is 23.5 Å². The average molecular weight is 309 g/mol. The van der Waals surface area contributed by atoms with E-state index in [0.29, 0.717) is 19.3 Å². The van der Waals surface area contributed by atoms with Crippen molar-refractivity contribution in [3.05, 3.63) is 35.4 Å². The first kappa shape index (κ1) is 14.9. The highest BCUT2D eigenvalue weighted by Gasteiger charge is 2.48. The minimum absolute atomic E-state index is 0.00407. The molecular formula is C16H17F2NO3. The van der Waals surface area contributed by atoms with Crippen LogP contribution >= 0.6 is 0 Å². The topological polar surface area (TPSA) is 66.4 Å². The van der Waals surface area contributed by atoms with Gasteiger partial charge in [-0.05, 0) is 31.4 Å². The molecule has 1 aromatic carbocycles. The van der Waals surface area contributed by atoms with E-state index in [1.54, 1.807) is 0 Å². The third kappa shape index (κ3) is 2.58. The van der Waals surface area contributed by atoms with Gasteiger partial charge in [0.25, 0.3) is 0 Å². The van der Waals surface area contributed by atoms with Gasteiger partial charge in [0.15, 0.2) is 0 Å².